The van der Waals surface area contributed by atoms with Gasteiger partial charge >= 0.3 is 0 Å². The molecule has 2 N–H and O–H groups in total. The van der Waals surface area contributed by atoms with Gasteiger partial charge in [-0.1, -0.05) is 0 Å². The molecule has 0 saturated carbocycles. The summed E-state index contributed by atoms with van der Waals surface area (Å²) in [5.74, 6) is 0.710. The fraction of sp³-hybridized carbons (Fsp3) is 0.200. The summed E-state index contributed by atoms with van der Waals surface area (Å²) in [6, 6.07) is 3.63. The first-order valence-electron chi connectivity index (χ1n) is 7.44. The Bertz CT molecular complexity index is 921. The molecule has 0 fully saturated rings. The van der Waals surface area contributed by atoms with Crippen LogP contribution in [0.3, 0.4) is 0 Å². The molecule has 3 heterocycles. The Hall–Kier alpha value is -3.74. The molecule has 0 aliphatic rings. The fourth-order valence-electron chi connectivity index (χ4n) is 2.06. The lowest BCUT2D eigenvalue weighted by atomic mass is 10.3. The van der Waals surface area contributed by atoms with Crippen LogP contribution in [-0.2, 0) is 11.8 Å². The number of hydrogen-bond donors (Lipinski definition) is 2. The van der Waals surface area contributed by atoms with Crippen LogP contribution in [0.5, 0.6) is 0 Å². The molecule has 126 valence electrons. The van der Waals surface area contributed by atoms with Crippen LogP contribution in [0.2, 0.25) is 0 Å². The van der Waals surface area contributed by atoms with Crippen molar-refractivity contribution < 1.29 is 4.79 Å². The zero-order chi connectivity index (χ0) is 17.6. The Morgan fingerprint density at radius 2 is 2.12 bits per heavy atom. The zero-order valence-corrected chi connectivity index (χ0v) is 13.4. The molecule has 10 heteroatoms. The van der Waals surface area contributed by atoms with E-state index in [0.29, 0.717) is 17.5 Å². The van der Waals surface area contributed by atoms with Crippen LogP contribution in [0.25, 0.3) is 5.82 Å². The molecule has 0 unspecified atom stereocenters. The van der Waals surface area contributed by atoms with Crippen LogP contribution in [0.4, 0.5) is 17.3 Å². The highest BCUT2D eigenvalue weighted by Gasteiger charge is 2.07. The summed E-state index contributed by atoms with van der Waals surface area (Å²) in [6.07, 6.45) is 8.55. The number of amides is 1. The van der Waals surface area contributed by atoms with Gasteiger partial charge < -0.3 is 10.6 Å². The van der Waals surface area contributed by atoms with Crippen molar-refractivity contribution in [2.45, 2.75) is 12.8 Å². The van der Waals surface area contributed by atoms with Gasteiger partial charge in [0.1, 0.15) is 0 Å². The molecule has 3 rings (SSSR count). The van der Waals surface area contributed by atoms with Gasteiger partial charge in [-0.25, -0.2) is 9.67 Å². The van der Waals surface area contributed by atoms with Gasteiger partial charge in [0, 0.05) is 38.3 Å². The maximum absolute atomic E-state index is 11.6. The number of carbonyl (C=O) groups excluding carboxylic acids is 1. The number of aromatic nitrogens is 6. The molecule has 0 spiro atoms. The molecule has 3 aromatic rings. The van der Waals surface area contributed by atoms with Crippen LogP contribution < -0.4 is 10.6 Å². The lowest BCUT2D eigenvalue weighted by Gasteiger charge is -2.04. The zero-order valence-electron chi connectivity index (χ0n) is 13.4. The van der Waals surface area contributed by atoms with Gasteiger partial charge in [0.25, 0.3) is 0 Å². The second-order valence-corrected chi connectivity index (χ2v) is 5.15. The molecule has 1 amide bonds. The van der Waals surface area contributed by atoms with Crippen molar-refractivity contribution in [3.8, 4) is 11.9 Å². The SMILES string of the molecule is Cn1cc(Nc2nccc(-n3cc(NC(=O)CCC#N)cn3)n2)cn1. The molecule has 0 aliphatic carbocycles. The summed E-state index contributed by atoms with van der Waals surface area (Å²) in [5, 5.41) is 22.5. The lowest BCUT2D eigenvalue weighted by Crippen LogP contribution is -2.10. The van der Waals surface area contributed by atoms with Crippen molar-refractivity contribution in [2.75, 3.05) is 10.6 Å². The largest absolute Gasteiger partial charge is 0.323 e. The molecule has 10 nitrogen and oxygen atoms in total. The van der Waals surface area contributed by atoms with Crippen LogP contribution in [0.15, 0.2) is 37.1 Å². The minimum atomic E-state index is -0.234. The van der Waals surface area contributed by atoms with Gasteiger partial charge in [-0.15, -0.1) is 0 Å². The summed E-state index contributed by atoms with van der Waals surface area (Å²) in [5.41, 5.74) is 1.30. The molecule has 0 bridgehead atoms. The standard InChI is InChI=1S/C15H15N9O/c1-23-9-11(7-18-23)21-15-17-6-4-13(22-15)24-10-12(8-19-24)20-14(25)3-2-5-16/h4,6-10H,2-3H2,1H3,(H,20,25)(H,17,21,22). The van der Waals surface area contributed by atoms with E-state index in [4.69, 9.17) is 5.26 Å². The summed E-state index contributed by atoms with van der Waals surface area (Å²) in [6.45, 7) is 0. The van der Waals surface area contributed by atoms with E-state index in [-0.39, 0.29) is 18.7 Å². The molecule has 0 aromatic carbocycles. The van der Waals surface area contributed by atoms with Gasteiger partial charge in [0.2, 0.25) is 11.9 Å². The molecule has 0 aliphatic heterocycles. The average molecular weight is 337 g/mol. The van der Waals surface area contributed by atoms with E-state index in [1.165, 1.54) is 10.9 Å². The quantitative estimate of drug-likeness (QED) is 0.695. The number of hydrogen-bond acceptors (Lipinski definition) is 7. The van der Waals surface area contributed by atoms with Crippen molar-refractivity contribution in [1.29, 1.82) is 5.26 Å². The lowest BCUT2D eigenvalue weighted by molar-refractivity contribution is -0.116. The summed E-state index contributed by atoms with van der Waals surface area (Å²) in [7, 11) is 1.82. The van der Waals surface area contributed by atoms with E-state index in [1.807, 2.05) is 13.1 Å². The Labute approximate surface area is 143 Å². The Kier molecular flexibility index (Phi) is 4.66. The molecule has 25 heavy (non-hydrogen) atoms. The van der Waals surface area contributed by atoms with Crippen LogP contribution in [0, 0.1) is 11.3 Å². The van der Waals surface area contributed by atoms with E-state index in [2.05, 4.69) is 30.8 Å². The minimum Gasteiger partial charge on any atom is -0.323 e. The van der Waals surface area contributed by atoms with Crippen molar-refractivity contribution in [1.82, 2.24) is 29.5 Å². The second kappa shape index (κ2) is 7.22. The molecular formula is C15H15N9O. The molecule has 3 aromatic heterocycles. The third-order valence-corrected chi connectivity index (χ3v) is 3.17. The van der Waals surface area contributed by atoms with E-state index in [1.54, 1.807) is 35.5 Å². The summed E-state index contributed by atoms with van der Waals surface area (Å²) >= 11 is 0. The predicted molar refractivity (Wildman–Crippen MR) is 89.1 cm³/mol. The Morgan fingerprint density at radius 3 is 2.88 bits per heavy atom. The molecule has 0 saturated heterocycles. The highest BCUT2D eigenvalue weighted by molar-refractivity contribution is 5.90. The van der Waals surface area contributed by atoms with Gasteiger partial charge in [0.15, 0.2) is 5.82 Å². The normalized spacial score (nSPS) is 10.2. The highest BCUT2D eigenvalue weighted by Crippen LogP contribution is 2.14. The van der Waals surface area contributed by atoms with E-state index < -0.39 is 0 Å². The van der Waals surface area contributed by atoms with Gasteiger partial charge in [-0.3, -0.25) is 9.48 Å². The topological polar surface area (TPSA) is 126 Å². The van der Waals surface area contributed by atoms with Gasteiger partial charge in [0.05, 0.1) is 36.0 Å². The third kappa shape index (κ3) is 4.17. The van der Waals surface area contributed by atoms with E-state index >= 15 is 0 Å². The molecular weight excluding hydrogens is 322 g/mol. The number of rotatable bonds is 6. The van der Waals surface area contributed by atoms with Crippen molar-refractivity contribution in [3.05, 3.63) is 37.1 Å². The predicted octanol–water partition coefficient (Wildman–Crippen LogP) is 1.38. The van der Waals surface area contributed by atoms with Crippen LogP contribution in [0.1, 0.15) is 12.8 Å². The van der Waals surface area contributed by atoms with Crippen molar-refractivity contribution >= 4 is 23.2 Å². The molecule has 0 radical (unpaired) electrons. The number of nitriles is 1. The van der Waals surface area contributed by atoms with Crippen LogP contribution in [-0.4, -0.2) is 35.4 Å². The maximum atomic E-state index is 11.6. The van der Waals surface area contributed by atoms with Crippen molar-refractivity contribution in [2.24, 2.45) is 7.05 Å². The highest BCUT2D eigenvalue weighted by atomic mass is 16.1. The summed E-state index contributed by atoms with van der Waals surface area (Å²) < 4.78 is 3.19. The van der Waals surface area contributed by atoms with Crippen molar-refractivity contribution in [3.63, 3.8) is 0 Å². The fourth-order valence-corrected chi connectivity index (χ4v) is 2.06. The molecule has 0 atom stereocenters. The van der Waals surface area contributed by atoms with Gasteiger partial charge in [-0.2, -0.15) is 20.4 Å². The number of carbonyl (C=O) groups is 1. The minimum absolute atomic E-state index is 0.147. The Balaban J connectivity index is 1.71. The third-order valence-electron chi connectivity index (χ3n) is 3.17. The summed E-state index contributed by atoms with van der Waals surface area (Å²) in [4.78, 5) is 20.2. The smallest absolute Gasteiger partial charge is 0.229 e. The van der Waals surface area contributed by atoms with E-state index in [9.17, 15) is 4.79 Å². The number of nitrogens with zero attached hydrogens (tertiary/aromatic N) is 7. The number of aryl methyl sites for hydroxylation is 1. The first-order chi connectivity index (χ1) is 12.1. The first-order valence-corrected chi connectivity index (χ1v) is 7.44. The maximum Gasteiger partial charge on any atom is 0.229 e. The average Bonchev–Trinajstić information content (AvgIpc) is 3.22. The van der Waals surface area contributed by atoms with Gasteiger partial charge in [-0.05, 0) is 0 Å². The van der Waals surface area contributed by atoms with E-state index in [0.717, 1.165) is 5.69 Å². The van der Waals surface area contributed by atoms with Crippen LogP contribution >= 0.6 is 0 Å². The monoisotopic (exact) mass is 337 g/mol. The second-order valence-electron chi connectivity index (χ2n) is 5.15. The first kappa shape index (κ1) is 16.1. The number of nitrogens with one attached hydrogen (secondary N) is 2. The Morgan fingerprint density at radius 1 is 1.28 bits per heavy atom. The number of anilines is 3.